The Morgan fingerprint density at radius 1 is 1.40 bits per heavy atom. The molecule has 1 aromatic carbocycles. The molecule has 0 aliphatic carbocycles. The van der Waals surface area contributed by atoms with Gasteiger partial charge >= 0.3 is 0 Å². The number of carbonyl (C=O) groups is 1. The van der Waals surface area contributed by atoms with Crippen molar-refractivity contribution in [1.29, 1.82) is 0 Å². The molecule has 5 heteroatoms. The fraction of sp³-hybridized carbons (Fsp3) is 0.267. The minimum Gasteiger partial charge on any atom is -0.467 e. The summed E-state index contributed by atoms with van der Waals surface area (Å²) in [6.07, 6.45) is 2.56. The summed E-state index contributed by atoms with van der Waals surface area (Å²) in [5.41, 5.74) is 1.87. The number of amides is 1. The number of nitrogens with one attached hydrogen (secondary N) is 2. The average Bonchev–Trinajstić information content (AvgIpc) is 2.94. The second kappa shape index (κ2) is 5.00. The first kappa shape index (κ1) is 12.7. The second-order valence-electron chi connectivity index (χ2n) is 4.92. The molecule has 1 aliphatic heterocycles. The highest BCUT2D eigenvalue weighted by Gasteiger charge is 2.19. The molecular weight excluding hydrogens is 259 g/mol. The van der Waals surface area contributed by atoms with Crippen LogP contribution in [-0.4, -0.2) is 5.91 Å². The number of benzene rings is 1. The molecular formula is C15H15FN2O2. The van der Waals surface area contributed by atoms with Gasteiger partial charge in [-0.15, -0.1) is 0 Å². The van der Waals surface area contributed by atoms with Crippen molar-refractivity contribution in [3.8, 4) is 0 Å². The van der Waals surface area contributed by atoms with Crippen molar-refractivity contribution in [3.63, 3.8) is 0 Å². The van der Waals surface area contributed by atoms with Gasteiger partial charge in [-0.05, 0) is 43.2 Å². The van der Waals surface area contributed by atoms with Crippen molar-refractivity contribution in [2.24, 2.45) is 0 Å². The van der Waals surface area contributed by atoms with Crippen LogP contribution in [0.25, 0.3) is 0 Å². The molecule has 104 valence electrons. The van der Waals surface area contributed by atoms with Crippen molar-refractivity contribution in [1.82, 2.24) is 0 Å². The summed E-state index contributed by atoms with van der Waals surface area (Å²) in [6.45, 7) is 1.89. The summed E-state index contributed by atoms with van der Waals surface area (Å²) < 4.78 is 19.4. The summed E-state index contributed by atoms with van der Waals surface area (Å²) in [6, 6.07) is 6.58. The monoisotopic (exact) mass is 274 g/mol. The van der Waals surface area contributed by atoms with E-state index in [1.165, 1.54) is 6.07 Å². The number of aryl methyl sites for hydroxylation is 1. The van der Waals surface area contributed by atoms with Crippen LogP contribution in [0, 0.1) is 5.82 Å². The molecule has 1 amide bonds. The molecule has 0 spiro atoms. The van der Waals surface area contributed by atoms with Gasteiger partial charge in [0.05, 0.1) is 18.0 Å². The minimum absolute atomic E-state index is 0.0332. The topological polar surface area (TPSA) is 54.3 Å². The van der Waals surface area contributed by atoms with E-state index in [0.29, 0.717) is 24.2 Å². The van der Waals surface area contributed by atoms with Crippen LogP contribution in [0.1, 0.15) is 30.7 Å². The lowest BCUT2D eigenvalue weighted by molar-refractivity contribution is -0.116. The summed E-state index contributed by atoms with van der Waals surface area (Å²) in [5.74, 6) is 0.374. The Morgan fingerprint density at radius 3 is 3.00 bits per heavy atom. The molecule has 0 saturated carbocycles. The predicted octanol–water partition coefficient (Wildman–Crippen LogP) is 3.48. The van der Waals surface area contributed by atoms with Crippen molar-refractivity contribution >= 4 is 17.3 Å². The van der Waals surface area contributed by atoms with Gasteiger partial charge in [0.1, 0.15) is 11.6 Å². The maximum absolute atomic E-state index is 14.1. The van der Waals surface area contributed by atoms with E-state index < -0.39 is 0 Å². The third kappa shape index (κ3) is 2.39. The molecule has 2 N–H and O–H groups in total. The standard InChI is InChI=1S/C15H15FN2O2/c1-9(14-3-2-6-20-14)17-13-8-12-10(7-11(13)16)4-5-15(19)18-12/h2-3,6-9,17H,4-5H2,1H3,(H,18,19). The van der Waals surface area contributed by atoms with E-state index in [2.05, 4.69) is 10.6 Å². The third-order valence-corrected chi connectivity index (χ3v) is 3.43. The molecule has 2 aromatic rings. The highest BCUT2D eigenvalue weighted by atomic mass is 19.1. The summed E-state index contributed by atoms with van der Waals surface area (Å²) in [7, 11) is 0. The van der Waals surface area contributed by atoms with Gasteiger partial charge in [-0.2, -0.15) is 0 Å². The number of furan rings is 1. The number of hydrogen-bond donors (Lipinski definition) is 2. The van der Waals surface area contributed by atoms with Gasteiger partial charge in [0.2, 0.25) is 5.91 Å². The molecule has 1 aromatic heterocycles. The maximum atomic E-state index is 14.1. The van der Waals surface area contributed by atoms with Gasteiger partial charge in [-0.1, -0.05) is 0 Å². The van der Waals surface area contributed by atoms with Crippen LogP contribution in [0.2, 0.25) is 0 Å². The highest BCUT2D eigenvalue weighted by Crippen LogP contribution is 2.30. The molecule has 2 heterocycles. The fourth-order valence-corrected chi connectivity index (χ4v) is 2.35. The molecule has 1 atom stereocenters. The van der Waals surface area contributed by atoms with Crippen molar-refractivity contribution in [2.75, 3.05) is 10.6 Å². The third-order valence-electron chi connectivity index (χ3n) is 3.43. The van der Waals surface area contributed by atoms with Gasteiger partial charge in [0, 0.05) is 12.1 Å². The molecule has 1 aliphatic rings. The Kier molecular flexibility index (Phi) is 3.18. The number of fused-ring (bicyclic) bond motifs is 1. The van der Waals surface area contributed by atoms with Gasteiger partial charge in [0.15, 0.2) is 0 Å². The summed E-state index contributed by atoms with van der Waals surface area (Å²) >= 11 is 0. The largest absolute Gasteiger partial charge is 0.467 e. The Morgan fingerprint density at radius 2 is 2.25 bits per heavy atom. The normalized spacial score (nSPS) is 15.4. The first-order valence-corrected chi connectivity index (χ1v) is 6.55. The Balaban J connectivity index is 1.86. The first-order chi connectivity index (χ1) is 9.63. The number of halogens is 1. The molecule has 0 saturated heterocycles. The highest BCUT2D eigenvalue weighted by molar-refractivity contribution is 5.94. The second-order valence-corrected chi connectivity index (χ2v) is 4.92. The van der Waals surface area contributed by atoms with E-state index >= 15 is 0 Å². The molecule has 1 unspecified atom stereocenters. The lowest BCUT2D eigenvalue weighted by atomic mass is 10.0. The van der Waals surface area contributed by atoms with Crippen LogP contribution < -0.4 is 10.6 Å². The maximum Gasteiger partial charge on any atom is 0.224 e. The van der Waals surface area contributed by atoms with E-state index in [4.69, 9.17) is 4.42 Å². The Hall–Kier alpha value is -2.30. The molecule has 3 rings (SSSR count). The fourth-order valence-electron chi connectivity index (χ4n) is 2.35. The quantitative estimate of drug-likeness (QED) is 0.901. The molecule has 20 heavy (non-hydrogen) atoms. The van der Waals surface area contributed by atoms with Crippen LogP contribution in [-0.2, 0) is 11.2 Å². The van der Waals surface area contributed by atoms with Crippen LogP contribution in [0.5, 0.6) is 0 Å². The number of rotatable bonds is 3. The molecule has 0 fully saturated rings. The zero-order valence-electron chi connectivity index (χ0n) is 11.1. The summed E-state index contributed by atoms with van der Waals surface area (Å²) in [4.78, 5) is 11.4. The van der Waals surface area contributed by atoms with E-state index in [9.17, 15) is 9.18 Å². The van der Waals surface area contributed by atoms with E-state index in [0.717, 1.165) is 11.3 Å². The van der Waals surface area contributed by atoms with Gasteiger partial charge in [-0.25, -0.2) is 4.39 Å². The van der Waals surface area contributed by atoms with Crippen LogP contribution in [0.3, 0.4) is 0 Å². The Labute approximate surface area is 116 Å². The van der Waals surface area contributed by atoms with E-state index in [1.807, 2.05) is 13.0 Å². The molecule has 0 bridgehead atoms. The first-order valence-electron chi connectivity index (χ1n) is 6.55. The van der Waals surface area contributed by atoms with Crippen LogP contribution >= 0.6 is 0 Å². The zero-order valence-corrected chi connectivity index (χ0v) is 11.1. The van der Waals surface area contributed by atoms with Crippen molar-refractivity contribution < 1.29 is 13.6 Å². The molecule has 4 nitrogen and oxygen atoms in total. The SMILES string of the molecule is CC(Nc1cc2c(cc1F)CCC(=O)N2)c1ccco1. The van der Waals surface area contributed by atoms with Gasteiger partial charge in [0.25, 0.3) is 0 Å². The summed E-state index contributed by atoms with van der Waals surface area (Å²) in [5, 5.41) is 5.82. The smallest absolute Gasteiger partial charge is 0.224 e. The van der Waals surface area contributed by atoms with E-state index in [-0.39, 0.29) is 17.8 Å². The predicted molar refractivity (Wildman–Crippen MR) is 74.1 cm³/mol. The van der Waals surface area contributed by atoms with Crippen LogP contribution in [0.4, 0.5) is 15.8 Å². The molecule has 0 radical (unpaired) electrons. The van der Waals surface area contributed by atoms with E-state index in [1.54, 1.807) is 18.4 Å². The lowest BCUT2D eigenvalue weighted by Gasteiger charge is -2.20. The number of carbonyl (C=O) groups excluding carboxylic acids is 1. The van der Waals surface area contributed by atoms with Gasteiger partial charge < -0.3 is 15.1 Å². The van der Waals surface area contributed by atoms with Crippen molar-refractivity contribution in [2.45, 2.75) is 25.8 Å². The lowest BCUT2D eigenvalue weighted by Crippen LogP contribution is -2.19. The zero-order chi connectivity index (χ0) is 14.1. The number of anilines is 2. The number of hydrogen-bond acceptors (Lipinski definition) is 3. The minimum atomic E-state index is -0.321. The average molecular weight is 274 g/mol. The van der Waals surface area contributed by atoms with Crippen LogP contribution in [0.15, 0.2) is 34.9 Å². The van der Waals surface area contributed by atoms with Gasteiger partial charge in [-0.3, -0.25) is 4.79 Å². The Bertz CT molecular complexity index is 638. The van der Waals surface area contributed by atoms with Crippen molar-refractivity contribution in [3.05, 3.63) is 47.7 Å².